The molecule has 150 valence electrons. The van der Waals surface area contributed by atoms with Gasteiger partial charge >= 0.3 is 0 Å². The highest BCUT2D eigenvalue weighted by atomic mass is 32.2. The van der Waals surface area contributed by atoms with Crippen molar-refractivity contribution in [2.75, 3.05) is 79.0 Å². The molecule has 2 radical (unpaired) electrons. The van der Waals surface area contributed by atoms with Crippen molar-refractivity contribution in [2.45, 2.75) is 0 Å². The summed E-state index contributed by atoms with van der Waals surface area (Å²) in [7, 11) is 0. The highest BCUT2D eigenvalue weighted by Gasteiger charge is 2.16. The normalized spacial score (nSPS) is 20.2. The zero-order valence-electron chi connectivity index (χ0n) is 14.8. The third-order valence-corrected chi connectivity index (χ3v) is 5.50. The van der Waals surface area contributed by atoms with E-state index in [4.69, 9.17) is 53.7 Å². The highest BCUT2D eigenvalue weighted by molar-refractivity contribution is 8.21. The van der Waals surface area contributed by atoms with Crippen LogP contribution in [-0.4, -0.2) is 97.5 Å². The molecule has 1 aliphatic rings. The fourth-order valence-corrected chi connectivity index (χ4v) is 3.11. The third-order valence-electron chi connectivity index (χ3n) is 3.48. The summed E-state index contributed by atoms with van der Waals surface area (Å²) in [4.78, 5) is 3.96. The Kier molecular flexibility index (Phi) is 15.1. The zero-order valence-corrected chi connectivity index (χ0v) is 18.1. The fraction of sp³-hybridized carbons (Fsp3) is 0.857. The lowest BCUT2D eigenvalue weighted by molar-refractivity contribution is 0.0225. The number of ether oxygens (including phenoxy) is 4. The molecule has 0 aromatic carbocycles. The van der Waals surface area contributed by atoms with Crippen molar-refractivity contribution >= 4 is 57.0 Å². The first-order chi connectivity index (χ1) is 12.7. The first-order valence-corrected chi connectivity index (χ1v) is 10.9. The van der Waals surface area contributed by atoms with Gasteiger partial charge in [0.05, 0.1) is 26.3 Å². The maximum atomic E-state index is 5.60. The predicted octanol–water partition coefficient (Wildman–Crippen LogP) is 0.454. The van der Waals surface area contributed by atoms with Gasteiger partial charge in [0.25, 0.3) is 0 Å². The van der Waals surface area contributed by atoms with Crippen LogP contribution in [0.2, 0.25) is 0 Å². The molecule has 1 rings (SSSR count). The minimum atomic E-state index is 0.520. The molecule has 12 heteroatoms. The van der Waals surface area contributed by atoms with Gasteiger partial charge in [-0.3, -0.25) is 10.3 Å². The van der Waals surface area contributed by atoms with Crippen LogP contribution in [-0.2, 0) is 18.9 Å². The van der Waals surface area contributed by atoms with Crippen molar-refractivity contribution in [1.29, 1.82) is 0 Å². The Morgan fingerprint density at radius 2 is 1.12 bits per heavy atom. The van der Waals surface area contributed by atoms with E-state index in [1.54, 1.807) is 0 Å². The van der Waals surface area contributed by atoms with Crippen LogP contribution in [0.5, 0.6) is 0 Å². The summed E-state index contributed by atoms with van der Waals surface area (Å²) >= 11 is 12.6. The first kappa shape index (κ1) is 24.3. The largest absolute Gasteiger partial charge is 0.371 e. The summed E-state index contributed by atoms with van der Waals surface area (Å²) in [5.74, 6) is 0. The molecule has 0 spiro atoms. The van der Waals surface area contributed by atoms with Gasteiger partial charge in [-0.2, -0.15) is 0 Å². The average molecular weight is 445 g/mol. The number of rotatable bonds is 0. The number of nitrogens with two attached hydrogens (primary N) is 2. The summed E-state index contributed by atoms with van der Waals surface area (Å²) < 4.78 is 23.7. The molecular formula is C14H28N4O4S4+2. The SMILES string of the molecule is NSC(=S)N1CCOCC[O+]CCN(C(=S)SN)CC[O+]CCOCC1. The Labute approximate surface area is 174 Å². The summed E-state index contributed by atoms with van der Waals surface area (Å²) in [6.07, 6.45) is 0. The monoisotopic (exact) mass is 444 g/mol. The highest BCUT2D eigenvalue weighted by Crippen LogP contribution is 2.04. The summed E-state index contributed by atoms with van der Waals surface area (Å²) in [5, 5.41) is 11.1. The number of thiocarbonyl (C=S) groups is 2. The average Bonchev–Trinajstić information content (AvgIpc) is 2.66. The van der Waals surface area contributed by atoms with Gasteiger partial charge < -0.3 is 19.3 Å². The van der Waals surface area contributed by atoms with E-state index < -0.39 is 0 Å². The van der Waals surface area contributed by atoms with E-state index in [0.717, 1.165) is 23.9 Å². The van der Waals surface area contributed by atoms with Crippen molar-refractivity contribution in [3.8, 4) is 0 Å². The fourth-order valence-electron chi connectivity index (χ4n) is 2.08. The van der Waals surface area contributed by atoms with Crippen LogP contribution in [0.15, 0.2) is 0 Å². The second-order valence-corrected chi connectivity index (χ2v) is 7.73. The Bertz CT molecular complexity index is 353. The zero-order chi connectivity index (χ0) is 19.0. The predicted molar refractivity (Wildman–Crippen MR) is 115 cm³/mol. The van der Waals surface area contributed by atoms with Gasteiger partial charge in [0.15, 0.2) is 8.64 Å². The Balaban J connectivity index is 2.43. The molecule has 0 bridgehead atoms. The molecule has 8 nitrogen and oxygen atoms in total. The molecule has 0 saturated carbocycles. The van der Waals surface area contributed by atoms with Crippen molar-refractivity contribution < 1.29 is 18.9 Å². The van der Waals surface area contributed by atoms with Crippen LogP contribution in [0.25, 0.3) is 0 Å². The molecule has 26 heavy (non-hydrogen) atoms. The van der Waals surface area contributed by atoms with Crippen LogP contribution in [0.3, 0.4) is 0 Å². The summed E-state index contributed by atoms with van der Waals surface area (Å²) in [5.41, 5.74) is 0. The molecule has 1 aliphatic heterocycles. The number of hydrogen-bond donors (Lipinski definition) is 2. The summed E-state index contributed by atoms with van der Waals surface area (Å²) in [6.45, 7) is 6.94. The van der Waals surface area contributed by atoms with Gasteiger partial charge in [-0.1, -0.05) is 24.4 Å². The van der Waals surface area contributed by atoms with Crippen molar-refractivity contribution in [2.24, 2.45) is 10.3 Å². The molecule has 1 heterocycles. The maximum Gasteiger partial charge on any atom is 0.243 e. The Hall–Kier alpha value is 0.240. The molecular weight excluding hydrogens is 416 g/mol. The van der Waals surface area contributed by atoms with E-state index in [2.05, 4.69) is 0 Å². The maximum absolute atomic E-state index is 5.60. The van der Waals surface area contributed by atoms with Gasteiger partial charge in [-0.15, -0.1) is 9.47 Å². The molecule has 0 amide bonds. The second kappa shape index (κ2) is 16.2. The van der Waals surface area contributed by atoms with Gasteiger partial charge in [0, 0.05) is 13.1 Å². The summed E-state index contributed by atoms with van der Waals surface area (Å²) in [6, 6.07) is 0. The number of hydrogen-bond acceptors (Lipinski definition) is 10. The molecule has 4 N–H and O–H groups in total. The van der Waals surface area contributed by atoms with E-state index in [9.17, 15) is 0 Å². The van der Waals surface area contributed by atoms with Crippen LogP contribution < -0.4 is 10.3 Å². The van der Waals surface area contributed by atoms with Gasteiger partial charge in [-0.25, -0.2) is 0 Å². The lowest BCUT2D eigenvalue weighted by atomic mass is 10.5. The number of nitrogens with zero attached hydrogens (tertiary/aromatic N) is 2. The topological polar surface area (TPSA) is 99.6 Å². The lowest BCUT2D eigenvalue weighted by Gasteiger charge is -2.23. The Morgan fingerprint density at radius 3 is 1.54 bits per heavy atom. The lowest BCUT2D eigenvalue weighted by Crippen LogP contribution is -2.36. The minimum absolute atomic E-state index is 0.520. The van der Waals surface area contributed by atoms with Gasteiger partial charge in [0.2, 0.25) is 26.4 Å². The van der Waals surface area contributed by atoms with Gasteiger partial charge in [-0.05, 0) is 23.9 Å². The first-order valence-electron chi connectivity index (χ1n) is 8.31. The van der Waals surface area contributed by atoms with Crippen LogP contribution >= 0.6 is 48.3 Å². The van der Waals surface area contributed by atoms with Crippen LogP contribution in [0.4, 0.5) is 0 Å². The molecule has 0 atom stereocenters. The molecule has 0 unspecified atom stereocenters. The van der Waals surface area contributed by atoms with Crippen molar-refractivity contribution in [3.63, 3.8) is 0 Å². The van der Waals surface area contributed by atoms with Crippen molar-refractivity contribution in [1.82, 2.24) is 9.80 Å². The third kappa shape index (κ3) is 11.2. The van der Waals surface area contributed by atoms with Gasteiger partial charge in [0.1, 0.15) is 13.2 Å². The van der Waals surface area contributed by atoms with E-state index in [0.29, 0.717) is 87.7 Å². The Morgan fingerprint density at radius 1 is 0.692 bits per heavy atom. The second-order valence-electron chi connectivity index (χ2n) is 5.19. The molecule has 0 aromatic heterocycles. The minimum Gasteiger partial charge on any atom is -0.371 e. The van der Waals surface area contributed by atoms with E-state index in [1.165, 1.54) is 0 Å². The van der Waals surface area contributed by atoms with E-state index in [1.807, 2.05) is 9.80 Å². The van der Waals surface area contributed by atoms with Crippen molar-refractivity contribution in [3.05, 3.63) is 0 Å². The smallest absolute Gasteiger partial charge is 0.243 e. The van der Waals surface area contributed by atoms with Crippen LogP contribution in [0, 0.1) is 0 Å². The molecule has 0 aromatic rings. The molecule has 1 saturated heterocycles. The van der Waals surface area contributed by atoms with Crippen LogP contribution in [0.1, 0.15) is 0 Å². The quantitative estimate of drug-likeness (QED) is 0.308. The standard InChI is InChI=1S/C14H28N4O4S4/c15-25-13(23)17-1-5-19-9-10-21-7-3-18(14(24)26-16)4-8-22-12-11-20-6-2-17/h1-12,15-16H2/q+2. The van der Waals surface area contributed by atoms with E-state index >= 15 is 0 Å². The molecule has 1 fully saturated rings. The molecule has 0 aliphatic carbocycles. The van der Waals surface area contributed by atoms with E-state index in [-0.39, 0.29) is 0 Å².